The molecule has 0 saturated carbocycles. The molecule has 0 rings (SSSR count). The van der Waals surface area contributed by atoms with Crippen LogP contribution in [0.3, 0.4) is 0 Å². The van der Waals surface area contributed by atoms with Crippen LogP contribution in [0.1, 0.15) is 342 Å². The number of ether oxygens (including phenoxy) is 1. The van der Waals surface area contributed by atoms with E-state index in [9.17, 15) is 19.0 Å². The number of nitrogens with zero attached hydrogens (tertiary/aromatic N) is 1. The molecule has 0 aromatic heterocycles. The van der Waals surface area contributed by atoms with Crippen molar-refractivity contribution in [2.24, 2.45) is 0 Å². The van der Waals surface area contributed by atoms with E-state index in [1.54, 1.807) is 0 Å². The Morgan fingerprint density at radius 1 is 0.402 bits per heavy atom. The van der Waals surface area contributed by atoms with Crippen LogP contribution in [0.5, 0.6) is 0 Å². The summed E-state index contributed by atoms with van der Waals surface area (Å²) in [6, 6.07) is -0.856. The molecule has 0 saturated heterocycles. The Balaban J connectivity index is 5.06. The first-order valence-corrected chi connectivity index (χ1v) is 38.4. The molecule has 9 nitrogen and oxygen atoms in total. The lowest BCUT2D eigenvalue weighted by molar-refractivity contribution is -0.870. The highest BCUT2D eigenvalue weighted by atomic mass is 31.2. The normalized spacial score (nSPS) is 14.0. The van der Waals surface area contributed by atoms with E-state index in [-0.39, 0.29) is 31.5 Å². The number of allylic oxidation sites excluding steroid dienone is 13. The van der Waals surface area contributed by atoms with Gasteiger partial charge in [0, 0.05) is 12.8 Å². The summed E-state index contributed by atoms with van der Waals surface area (Å²) in [5.74, 6) is -0.502. The molecule has 0 aromatic rings. The average molecular weight is 1240 g/mol. The fourth-order valence-corrected chi connectivity index (χ4v) is 11.3. The van der Waals surface area contributed by atoms with Crippen LogP contribution in [0.2, 0.25) is 0 Å². The van der Waals surface area contributed by atoms with E-state index in [0.29, 0.717) is 17.4 Å². The Morgan fingerprint density at radius 3 is 1.07 bits per heavy atom. The van der Waals surface area contributed by atoms with Crippen molar-refractivity contribution < 1.29 is 37.3 Å². The van der Waals surface area contributed by atoms with E-state index in [1.165, 1.54) is 225 Å². The molecule has 3 unspecified atom stereocenters. The summed E-state index contributed by atoms with van der Waals surface area (Å²) in [6.45, 7) is 6.99. The van der Waals surface area contributed by atoms with Gasteiger partial charge in [0.1, 0.15) is 19.3 Å². The topological polar surface area (TPSA) is 111 Å². The van der Waals surface area contributed by atoms with Crippen LogP contribution < -0.4 is 5.32 Å². The molecule has 506 valence electrons. The van der Waals surface area contributed by atoms with E-state index in [2.05, 4.69) is 99.0 Å². The van der Waals surface area contributed by atoms with Crippen LogP contribution in [-0.2, 0) is 27.9 Å². The molecule has 0 aliphatic carbocycles. The van der Waals surface area contributed by atoms with Gasteiger partial charge in [-0.25, -0.2) is 4.57 Å². The van der Waals surface area contributed by atoms with E-state index >= 15 is 0 Å². The van der Waals surface area contributed by atoms with Gasteiger partial charge in [-0.15, -0.1) is 0 Å². The summed E-state index contributed by atoms with van der Waals surface area (Å²) >= 11 is 0. The third kappa shape index (κ3) is 67.4. The largest absolute Gasteiger partial charge is 0.472 e. The smallest absolute Gasteiger partial charge is 0.456 e. The minimum absolute atomic E-state index is 0.0374. The minimum atomic E-state index is -4.46. The maximum absolute atomic E-state index is 13.6. The lowest BCUT2D eigenvalue weighted by atomic mass is 10.0. The molecule has 0 fully saturated rings. The molecule has 1 amide bonds. The number of esters is 1. The first kappa shape index (κ1) is 84.2. The summed E-state index contributed by atoms with van der Waals surface area (Å²) in [5, 5.41) is 3.08. The molecule has 0 aliphatic rings. The van der Waals surface area contributed by atoms with E-state index in [4.69, 9.17) is 13.8 Å². The first-order chi connectivity index (χ1) is 42.4. The Kier molecular flexibility index (Phi) is 64.0. The van der Waals surface area contributed by atoms with Gasteiger partial charge < -0.3 is 19.4 Å². The van der Waals surface area contributed by atoms with Gasteiger partial charge in [-0.05, 0) is 109 Å². The van der Waals surface area contributed by atoms with Crippen LogP contribution >= 0.6 is 7.82 Å². The maximum Gasteiger partial charge on any atom is 0.472 e. The van der Waals surface area contributed by atoms with Crippen LogP contribution in [0.4, 0.5) is 0 Å². The van der Waals surface area contributed by atoms with E-state index in [0.717, 1.165) is 83.5 Å². The molecule has 0 bridgehead atoms. The lowest BCUT2D eigenvalue weighted by Gasteiger charge is -2.27. The summed E-state index contributed by atoms with van der Waals surface area (Å²) < 4.78 is 30.9. The van der Waals surface area contributed by atoms with Gasteiger partial charge in [0.25, 0.3) is 0 Å². The number of phosphoric ester groups is 1. The zero-order chi connectivity index (χ0) is 63.5. The molecule has 87 heavy (non-hydrogen) atoms. The Labute approximate surface area is 539 Å². The quantitative estimate of drug-likeness (QED) is 0.0205. The highest BCUT2D eigenvalue weighted by Gasteiger charge is 2.30. The van der Waals surface area contributed by atoms with Gasteiger partial charge in [0.2, 0.25) is 5.91 Å². The predicted molar refractivity (Wildman–Crippen MR) is 378 cm³/mol. The van der Waals surface area contributed by atoms with Crippen LogP contribution in [-0.4, -0.2) is 74.3 Å². The second kappa shape index (κ2) is 66.1. The molecule has 0 spiro atoms. The van der Waals surface area contributed by atoms with Gasteiger partial charge in [0.05, 0.1) is 33.8 Å². The van der Waals surface area contributed by atoms with Crippen LogP contribution in [0.15, 0.2) is 85.1 Å². The third-order valence-corrected chi connectivity index (χ3v) is 17.3. The number of quaternary nitrogens is 1. The minimum Gasteiger partial charge on any atom is -0.456 e. The van der Waals surface area contributed by atoms with Gasteiger partial charge in [-0.3, -0.25) is 18.6 Å². The number of amides is 1. The molecular weight excluding hydrogens is 1100 g/mol. The van der Waals surface area contributed by atoms with E-state index in [1.807, 2.05) is 33.3 Å². The fraction of sp³-hybridized carbons (Fsp3) is 0.792. The van der Waals surface area contributed by atoms with Gasteiger partial charge in [-0.2, -0.15) is 0 Å². The summed E-state index contributed by atoms with van der Waals surface area (Å²) in [5.41, 5.74) is 0. The summed E-state index contributed by atoms with van der Waals surface area (Å²) in [4.78, 5) is 38.0. The standard InChI is InChI=1S/C77H141N2O7P/c1-7-10-13-16-19-22-25-28-30-32-34-36-37-38-39-40-41-43-44-46-48-51-54-57-60-63-66-69-76(80)78-74(73-85-87(82,83)84-72-71-79(4,5)6)75(68-65-62-59-56-53-50-27-24-21-18-15-12-9-3)86-77(81)70-67-64-61-58-55-52-49-47-45-42-35-33-31-29-26-23-20-17-14-11-8-2/h19-20,22-23,28-31,34,36,38-39,65,68,74-75H,7-18,21,24-27,32-33,35,37,40-64,66-67,69-73H2,1-6H3,(H-,78,80,82,83)/p+1/b22-19-,23-20-,30-28-,31-29-,36-34-,39-38-,68-65-. The number of unbranched alkanes of at least 4 members (excludes halogenated alkanes) is 39. The summed E-state index contributed by atoms with van der Waals surface area (Å²) in [7, 11) is 1.50. The van der Waals surface area contributed by atoms with Crippen molar-refractivity contribution in [3.63, 3.8) is 0 Å². The zero-order valence-corrected chi connectivity index (χ0v) is 58.9. The number of carbonyl (C=O) groups excluding carboxylic acids is 2. The van der Waals surface area contributed by atoms with Gasteiger partial charge in [-0.1, -0.05) is 305 Å². The SMILES string of the molecule is CCCCC/C=C\C/C=C\C/C=C\C/C=C\CCCCCCCCCCCCCC(=O)NC(COP(=O)(O)OCC[N+](C)(C)C)C(/C=C\CCCCCCCCCCCCC)OC(=O)CCCCCCCCCCCCC/C=C\C/C=C\CCCCC. The third-order valence-electron chi connectivity index (χ3n) is 16.3. The number of hydrogen-bond acceptors (Lipinski definition) is 6. The van der Waals surface area contributed by atoms with Crippen molar-refractivity contribution in [1.82, 2.24) is 5.32 Å². The van der Waals surface area contributed by atoms with E-state index < -0.39 is 20.0 Å². The molecule has 2 N–H and O–H groups in total. The van der Waals surface area contributed by atoms with Crippen molar-refractivity contribution in [2.75, 3.05) is 40.9 Å². The highest BCUT2D eigenvalue weighted by Crippen LogP contribution is 2.43. The molecule has 10 heteroatoms. The highest BCUT2D eigenvalue weighted by molar-refractivity contribution is 7.47. The first-order valence-electron chi connectivity index (χ1n) is 36.9. The number of likely N-dealkylation sites (N-methyl/N-ethyl adjacent to an activating group) is 1. The Bertz CT molecular complexity index is 1760. The van der Waals surface area contributed by atoms with Crippen molar-refractivity contribution >= 4 is 19.7 Å². The lowest BCUT2D eigenvalue weighted by Crippen LogP contribution is -2.47. The molecule has 0 aliphatic heterocycles. The predicted octanol–water partition coefficient (Wildman–Crippen LogP) is 23.7. The van der Waals surface area contributed by atoms with Crippen LogP contribution in [0.25, 0.3) is 0 Å². The molecule has 3 atom stereocenters. The van der Waals surface area contributed by atoms with Crippen molar-refractivity contribution in [3.05, 3.63) is 85.1 Å². The van der Waals surface area contributed by atoms with Crippen molar-refractivity contribution in [1.29, 1.82) is 0 Å². The second-order valence-electron chi connectivity index (χ2n) is 26.1. The maximum atomic E-state index is 13.6. The Morgan fingerprint density at radius 2 is 0.701 bits per heavy atom. The van der Waals surface area contributed by atoms with Gasteiger partial charge in [0.15, 0.2) is 0 Å². The number of rotatable bonds is 67. The monoisotopic (exact) mass is 1240 g/mol. The molecular formula is C77H142N2O7P+. The average Bonchev–Trinajstić information content (AvgIpc) is 3.69. The summed E-state index contributed by atoms with van der Waals surface area (Å²) in [6.07, 6.45) is 88.7. The second-order valence-corrected chi connectivity index (χ2v) is 27.6. The Hall–Kier alpha value is -2.81. The molecule has 0 aromatic carbocycles. The van der Waals surface area contributed by atoms with Crippen molar-refractivity contribution in [3.8, 4) is 0 Å². The number of phosphoric acid groups is 1. The molecule has 0 radical (unpaired) electrons. The zero-order valence-electron chi connectivity index (χ0n) is 58.0. The van der Waals surface area contributed by atoms with Crippen molar-refractivity contribution in [2.45, 2.75) is 354 Å². The number of nitrogens with one attached hydrogen (secondary N) is 1. The fourth-order valence-electron chi connectivity index (χ4n) is 10.6. The van der Waals surface area contributed by atoms with Crippen LogP contribution in [0, 0.1) is 0 Å². The van der Waals surface area contributed by atoms with Gasteiger partial charge >= 0.3 is 13.8 Å². The number of carbonyl (C=O) groups is 2. The molecule has 0 heterocycles. The number of hydrogen-bond donors (Lipinski definition) is 2.